The third-order valence-electron chi connectivity index (χ3n) is 7.30. The van der Waals surface area contributed by atoms with Crippen LogP contribution in [0.3, 0.4) is 0 Å². The number of hydrogen-bond donors (Lipinski definition) is 4. The smallest absolute Gasteiger partial charge is 0.145 e. The Kier molecular flexibility index (Phi) is 4.14. The Morgan fingerprint density at radius 2 is 1.97 bits per heavy atom. The number of aliphatic hydroxyl groups excluding tert-OH is 2. The Morgan fingerprint density at radius 1 is 1.12 bits per heavy atom. The molecule has 0 unspecified atom stereocenters. The van der Waals surface area contributed by atoms with Gasteiger partial charge in [0.15, 0.2) is 0 Å². The molecule has 2 aliphatic rings. The maximum Gasteiger partial charge on any atom is 0.145 e. The molecule has 6 N–H and O–H groups in total. The zero-order valence-electron chi connectivity index (χ0n) is 17.1. The second-order valence-corrected chi connectivity index (χ2v) is 9.33. The van der Waals surface area contributed by atoms with Gasteiger partial charge in [-0.3, -0.25) is 4.98 Å². The fourth-order valence-corrected chi connectivity index (χ4v) is 5.68. The van der Waals surface area contributed by atoms with Crippen molar-refractivity contribution in [3.05, 3.63) is 47.5 Å². The topological polar surface area (TPSA) is 149 Å². The van der Waals surface area contributed by atoms with Gasteiger partial charge in [-0.2, -0.15) is 0 Å². The molecule has 164 valence electrons. The van der Waals surface area contributed by atoms with Crippen molar-refractivity contribution in [1.29, 1.82) is 0 Å². The molecule has 2 aliphatic carbocycles. The highest BCUT2D eigenvalue weighted by molar-refractivity contribution is 6.33. The van der Waals surface area contributed by atoms with E-state index in [1.807, 2.05) is 22.9 Å². The number of aromatic nitrogens is 5. The van der Waals surface area contributed by atoms with Crippen molar-refractivity contribution in [2.75, 3.05) is 11.5 Å². The number of halogens is 1. The number of anilines is 2. The van der Waals surface area contributed by atoms with Crippen LogP contribution >= 0.6 is 11.6 Å². The molecule has 0 bridgehead atoms. The van der Waals surface area contributed by atoms with Gasteiger partial charge >= 0.3 is 0 Å². The van der Waals surface area contributed by atoms with Gasteiger partial charge in [0, 0.05) is 17.8 Å². The molecule has 4 aromatic heterocycles. The lowest BCUT2D eigenvalue weighted by molar-refractivity contribution is -0.0191. The number of aryl methyl sites for hydroxylation is 1. The van der Waals surface area contributed by atoms with E-state index in [0.29, 0.717) is 33.9 Å². The predicted molar refractivity (Wildman–Crippen MR) is 121 cm³/mol. The van der Waals surface area contributed by atoms with E-state index in [9.17, 15) is 10.2 Å². The van der Waals surface area contributed by atoms with Crippen molar-refractivity contribution < 1.29 is 10.2 Å². The average Bonchev–Trinajstić information content (AvgIpc) is 3.27. The van der Waals surface area contributed by atoms with Gasteiger partial charge in [-0.05, 0) is 48.9 Å². The van der Waals surface area contributed by atoms with Crippen molar-refractivity contribution in [2.24, 2.45) is 11.3 Å². The molecule has 2 fully saturated rings. The van der Waals surface area contributed by atoms with Gasteiger partial charge in [0.25, 0.3) is 0 Å². The minimum atomic E-state index is -0.876. The first-order valence-electron chi connectivity index (χ1n) is 10.5. The van der Waals surface area contributed by atoms with E-state index in [2.05, 4.69) is 19.9 Å². The summed E-state index contributed by atoms with van der Waals surface area (Å²) in [5, 5.41) is 23.1. The van der Waals surface area contributed by atoms with Crippen LogP contribution in [0, 0.1) is 11.3 Å². The van der Waals surface area contributed by atoms with E-state index in [0.717, 1.165) is 23.8 Å². The first-order chi connectivity index (χ1) is 15.4. The summed E-state index contributed by atoms with van der Waals surface area (Å²) in [7, 11) is 0. The number of rotatable bonds is 4. The molecular formula is C22H22ClN7O2. The second-order valence-electron chi connectivity index (χ2n) is 8.93. The molecule has 6 rings (SSSR count). The quantitative estimate of drug-likeness (QED) is 0.368. The lowest BCUT2D eigenvalue weighted by Gasteiger charge is -2.24. The molecule has 2 saturated carbocycles. The molecule has 4 heterocycles. The summed E-state index contributed by atoms with van der Waals surface area (Å²) >= 11 is 6.03. The molecule has 32 heavy (non-hydrogen) atoms. The van der Waals surface area contributed by atoms with Crippen LogP contribution in [0.1, 0.15) is 24.4 Å². The van der Waals surface area contributed by atoms with Crippen LogP contribution in [0.5, 0.6) is 0 Å². The van der Waals surface area contributed by atoms with E-state index in [1.165, 1.54) is 6.33 Å². The second kappa shape index (κ2) is 6.74. The highest BCUT2D eigenvalue weighted by Gasteiger charge is 2.70. The fourth-order valence-electron chi connectivity index (χ4n) is 5.54. The largest absolute Gasteiger partial charge is 0.390 e. The minimum Gasteiger partial charge on any atom is -0.390 e. The zero-order valence-corrected chi connectivity index (χ0v) is 17.8. The number of nitrogens with zero attached hydrogens (tertiary/aromatic N) is 5. The van der Waals surface area contributed by atoms with Crippen LogP contribution in [-0.4, -0.2) is 46.9 Å². The normalized spacial score (nSPS) is 29.0. The summed E-state index contributed by atoms with van der Waals surface area (Å²) in [4.78, 5) is 17.2. The Labute approximate surface area is 188 Å². The summed E-state index contributed by atoms with van der Waals surface area (Å²) in [6.45, 7) is 0. The molecule has 4 aromatic rings. The van der Waals surface area contributed by atoms with Gasteiger partial charge in [0.05, 0.1) is 33.6 Å². The van der Waals surface area contributed by atoms with Crippen LogP contribution < -0.4 is 11.5 Å². The van der Waals surface area contributed by atoms with E-state index in [-0.39, 0.29) is 23.2 Å². The number of nitrogen functional groups attached to an aromatic ring is 2. The molecule has 10 heteroatoms. The first kappa shape index (κ1) is 19.7. The van der Waals surface area contributed by atoms with Crippen molar-refractivity contribution in [3.8, 4) is 0 Å². The zero-order chi connectivity index (χ0) is 22.2. The number of hydrogen-bond acceptors (Lipinski definition) is 8. The lowest BCUT2D eigenvalue weighted by Crippen LogP contribution is -2.34. The van der Waals surface area contributed by atoms with Gasteiger partial charge in [-0.15, -0.1) is 0 Å². The van der Waals surface area contributed by atoms with Gasteiger partial charge in [-0.1, -0.05) is 11.6 Å². The van der Waals surface area contributed by atoms with Crippen LogP contribution in [0.25, 0.3) is 22.1 Å². The summed E-state index contributed by atoms with van der Waals surface area (Å²) in [6.07, 6.45) is 5.71. The maximum atomic E-state index is 11.0. The van der Waals surface area contributed by atoms with E-state index < -0.39 is 12.2 Å². The van der Waals surface area contributed by atoms with Crippen molar-refractivity contribution in [1.82, 2.24) is 24.5 Å². The van der Waals surface area contributed by atoms with Crippen LogP contribution in [0.2, 0.25) is 5.02 Å². The van der Waals surface area contributed by atoms with E-state index in [4.69, 9.17) is 23.1 Å². The fraction of sp³-hybridized carbons (Fsp3) is 0.364. The van der Waals surface area contributed by atoms with E-state index >= 15 is 0 Å². The Balaban J connectivity index is 1.26. The third kappa shape index (κ3) is 2.71. The van der Waals surface area contributed by atoms with Crippen LogP contribution in [-0.2, 0) is 6.42 Å². The molecule has 0 amide bonds. The molecule has 5 atom stereocenters. The maximum absolute atomic E-state index is 11.0. The summed E-state index contributed by atoms with van der Waals surface area (Å²) in [5.74, 6) is 0.836. The molecule has 0 saturated heterocycles. The predicted octanol–water partition coefficient (Wildman–Crippen LogP) is 2.11. The molecule has 0 radical (unpaired) electrons. The van der Waals surface area contributed by atoms with Crippen molar-refractivity contribution >= 4 is 45.3 Å². The molecule has 9 nitrogen and oxygen atoms in total. The first-order valence-corrected chi connectivity index (χ1v) is 10.9. The average molecular weight is 452 g/mol. The van der Waals surface area contributed by atoms with Crippen LogP contribution in [0.4, 0.5) is 11.6 Å². The SMILES string of the molecule is Nc1nc2cc(CC[C@]34C[C@@H]3[C@@H](n3ccc5c(N)ncnc53)[C@H](O)[C@@H]4O)cnc2cc1Cl. The van der Waals surface area contributed by atoms with Gasteiger partial charge in [0.1, 0.15) is 29.7 Å². The van der Waals surface area contributed by atoms with Gasteiger partial charge in [-0.25, -0.2) is 15.0 Å². The Hall–Kier alpha value is -3.01. The summed E-state index contributed by atoms with van der Waals surface area (Å²) in [5.41, 5.74) is 14.5. The standard InChI is InChI=1S/C22H22ClN7O2/c23-13-6-14-15(29-20(13)25)5-10(8-26-14)1-3-22-7-12(22)16(17(31)18(22)32)30-4-2-11-19(24)27-9-28-21(11)30/h2,4-6,8-9,12,16-18,31-32H,1,3,7H2,(H2,25,29)(H2,24,27,28)/t12-,16-,17+,18+,22+/m1/s1. The number of fused-ring (bicyclic) bond motifs is 3. The van der Waals surface area contributed by atoms with Crippen molar-refractivity contribution in [2.45, 2.75) is 37.5 Å². The minimum absolute atomic E-state index is 0.153. The van der Waals surface area contributed by atoms with Gasteiger partial charge < -0.3 is 26.2 Å². The summed E-state index contributed by atoms with van der Waals surface area (Å²) < 4.78 is 1.94. The molecule has 0 aliphatic heterocycles. The number of nitrogens with two attached hydrogens (primary N) is 2. The lowest BCUT2D eigenvalue weighted by atomic mass is 9.92. The molecule has 0 aromatic carbocycles. The molecular weight excluding hydrogens is 430 g/mol. The Morgan fingerprint density at radius 3 is 2.81 bits per heavy atom. The van der Waals surface area contributed by atoms with Gasteiger partial charge in [0.2, 0.25) is 0 Å². The summed E-state index contributed by atoms with van der Waals surface area (Å²) in [6, 6.07) is 5.27. The Bertz CT molecular complexity index is 1380. The highest BCUT2D eigenvalue weighted by Crippen LogP contribution is 2.69. The van der Waals surface area contributed by atoms with Crippen LogP contribution in [0.15, 0.2) is 36.9 Å². The monoisotopic (exact) mass is 451 g/mol. The van der Waals surface area contributed by atoms with E-state index in [1.54, 1.807) is 12.3 Å². The highest BCUT2D eigenvalue weighted by atomic mass is 35.5. The van der Waals surface area contributed by atoms with Crippen molar-refractivity contribution in [3.63, 3.8) is 0 Å². The number of aliphatic hydroxyl groups is 2. The molecule has 0 spiro atoms. The number of pyridine rings is 2. The third-order valence-corrected chi connectivity index (χ3v) is 7.60.